The fourth-order valence-corrected chi connectivity index (χ4v) is 4.00. The minimum absolute atomic E-state index is 0.200. The van der Waals surface area contributed by atoms with Crippen LogP contribution in [0.4, 0.5) is 0 Å². The maximum absolute atomic E-state index is 11.8. The molecule has 6 heteroatoms. The second-order valence-electron chi connectivity index (χ2n) is 7.93. The van der Waals surface area contributed by atoms with E-state index < -0.39 is 0 Å². The van der Waals surface area contributed by atoms with E-state index in [0.29, 0.717) is 6.61 Å². The first-order valence-electron chi connectivity index (χ1n) is 10.5. The summed E-state index contributed by atoms with van der Waals surface area (Å²) in [5.41, 5.74) is 6.44. The number of pyridine rings is 1. The molecule has 0 atom stereocenters. The van der Waals surface area contributed by atoms with Gasteiger partial charge in [0, 0.05) is 31.0 Å². The second-order valence-corrected chi connectivity index (χ2v) is 7.93. The molecule has 30 heavy (non-hydrogen) atoms. The minimum atomic E-state index is -0.200. The van der Waals surface area contributed by atoms with Gasteiger partial charge in [0.25, 0.3) is 0 Å². The van der Waals surface area contributed by atoms with Crippen molar-refractivity contribution in [3.05, 3.63) is 76.5 Å². The Morgan fingerprint density at radius 1 is 1.13 bits per heavy atom. The number of carbonyl (C=O) groups is 1. The van der Waals surface area contributed by atoms with Crippen LogP contribution >= 0.6 is 0 Å². The molecule has 0 unspecified atom stereocenters. The van der Waals surface area contributed by atoms with E-state index >= 15 is 0 Å². The summed E-state index contributed by atoms with van der Waals surface area (Å²) in [4.78, 5) is 23.1. The molecule has 0 N–H and O–H groups in total. The predicted molar refractivity (Wildman–Crippen MR) is 116 cm³/mol. The molecule has 1 aromatic carbocycles. The Morgan fingerprint density at radius 3 is 2.70 bits per heavy atom. The molecule has 3 aromatic rings. The van der Waals surface area contributed by atoms with Crippen molar-refractivity contribution in [3.8, 4) is 5.82 Å². The Bertz CT molecular complexity index is 1040. The third-order valence-electron chi connectivity index (χ3n) is 5.71. The van der Waals surface area contributed by atoms with Gasteiger partial charge in [-0.1, -0.05) is 19.1 Å². The number of fused-ring (bicyclic) bond motifs is 1. The Morgan fingerprint density at radius 2 is 2.00 bits per heavy atom. The zero-order valence-electron chi connectivity index (χ0n) is 17.9. The number of esters is 1. The van der Waals surface area contributed by atoms with Gasteiger partial charge in [0.05, 0.1) is 11.3 Å². The number of hydrogen-bond donors (Lipinski definition) is 0. The first-order chi connectivity index (χ1) is 14.5. The van der Waals surface area contributed by atoms with Crippen LogP contribution in [0.25, 0.3) is 5.82 Å². The van der Waals surface area contributed by atoms with E-state index in [2.05, 4.69) is 40.8 Å². The van der Waals surface area contributed by atoms with Crippen molar-refractivity contribution in [1.82, 2.24) is 19.4 Å². The zero-order valence-corrected chi connectivity index (χ0v) is 17.9. The fourth-order valence-electron chi connectivity index (χ4n) is 4.00. The number of benzene rings is 1. The standard InChI is InChI=1S/C24H28N4O2/c1-4-10-27(11-9-20-6-7-21-22(18(20)3)15-30-24(21)29)14-19-5-8-23(25-12-19)28-13-17(2)26-16-28/h5-8,12-13,16H,4,9-11,14-15H2,1-3H3. The molecule has 6 nitrogen and oxygen atoms in total. The van der Waals surface area contributed by atoms with Gasteiger partial charge in [-0.3, -0.25) is 9.47 Å². The molecule has 0 fully saturated rings. The largest absolute Gasteiger partial charge is 0.457 e. The van der Waals surface area contributed by atoms with Crippen LogP contribution in [0, 0.1) is 13.8 Å². The number of cyclic esters (lactones) is 1. The van der Waals surface area contributed by atoms with E-state index in [-0.39, 0.29) is 5.97 Å². The summed E-state index contributed by atoms with van der Waals surface area (Å²) in [5, 5.41) is 0. The van der Waals surface area contributed by atoms with Gasteiger partial charge >= 0.3 is 5.97 Å². The highest BCUT2D eigenvalue weighted by Crippen LogP contribution is 2.26. The number of hydrogen-bond acceptors (Lipinski definition) is 5. The van der Waals surface area contributed by atoms with Gasteiger partial charge in [0.15, 0.2) is 0 Å². The molecule has 156 valence electrons. The van der Waals surface area contributed by atoms with E-state index in [1.807, 2.05) is 36.0 Å². The van der Waals surface area contributed by atoms with Gasteiger partial charge in [0.2, 0.25) is 0 Å². The van der Waals surface area contributed by atoms with Crippen molar-refractivity contribution in [2.24, 2.45) is 0 Å². The average Bonchev–Trinajstić information content (AvgIpc) is 3.34. The first-order valence-corrected chi connectivity index (χ1v) is 10.5. The molecule has 1 aliphatic heterocycles. The topological polar surface area (TPSA) is 60.2 Å². The molecule has 2 aromatic heterocycles. The van der Waals surface area contributed by atoms with Crippen LogP contribution in [-0.2, 0) is 24.3 Å². The lowest BCUT2D eigenvalue weighted by molar-refractivity contribution is 0.0535. The minimum Gasteiger partial charge on any atom is -0.457 e. The lowest BCUT2D eigenvalue weighted by atomic mass is 9.96. The van der Waals surface area contributed by atoms with Crippen molar-refractivity contribution < 1.29 is 9.53 Å². The van der Waals surface area contributed by atoms with Gasteiger partial charge in [-0.05, 0) is 62.1 Å². The number of rotatable bonds is 8. The number of aromatic nitrogens is 3. The van der Waals surface area contributed by atoms with Crippen LogP contribution in [0.2, 0.25) is 0 Å². The van der Waals surface area contributed by atoms with E-state index in [1.165, 1.54) is 16.7 Å². The lowest BCUT2D eigenvalue weighted by Crippen LogP contribution is -2.27. The molecule has 1 aliphatic rings. The highest BCUT2D eigenvalue weighted by atomic mass is 16.5. The Kier molecular flexibility index (Phi) is 5.95. The third-order valence-corrected chi connectivity index (χ3v) is 5.71. The molecular weight excluding hydrogens is 376 g/mol. The quantitative estimate of drug-likeness (QED) is 0.531. The van der Waals surface area contributed by atoms with Gasteiger partial charge in [-0.25, -0.2) is 14.8 Å². The molecule has 3 heterocycles. The van der Waals surface area contributed by atoms with Crippen LogP contribution in [0.1, 0.15) is 51.7 Å². The number of carbonyl (C=O) groups excluding carboxylic acids is 1. The molecule has 0 radical (unpaired) electrons. The highest BCUT2D eigenvalue weighted by molar-refractivity contribution is 5.93. The van der Waals surface area contributed by atoms with Crippen molar-refractivity contribution >= 4 is 5.97 Å². The molecular formula is C24H28N4O2. The molecule has 0 aliphatic carbocycles. The first kappa shape index (κ1) is 20.3. The van der Waals surface area contributed by atoms with E-state index in [4.69, 9.17) is 4.74 Å². The van der Waals surface area contributed by atoms with Crippen molar-refractivity contribution in [3.63, 3.8) is 0 Å². The normalized spacial score (nSPS) is 13.0. The SMILES string of the molecule is CCCN(CCc1ccc2c(c1C)COC2=O)Cc1ccc(-n2cnc(C)c2)nc1. The monoisotopic (exact) mass is 404 g/mol. The van der Waals surface area contributed by atoms with E-state index in [0.717, 1.165) is 55.1 Å². The van der Waals surface area contributed by atoms with Crippen molar-refractivity contribution in [2.75, 3.05) is 13.1 Å². The summed E-state index contributed by atoms with van der Waals surface area (Å²) in [6.07, 6.45) is 7.77. The van der Waals surface area contributed by atoms with Crippen LogP contribution in [0.15, 0.2) is 43.0 Å². The van der Waals surface area contributed by atoms with Crippen LogP contribution in [-0.4, -0.2) is 38.5 Å². The fraction of sp³-hybridized carbons (Fsp3) is 0.375. The predicted octanol–water partition coefficient (Wildman–Crippen LogP) is 4.01. The Balaban J connectivity index is 1.41. The smallest absolute Gasteiger partial charge is 0.338 e. The van der Waals surface area contributed by atoms with Crippen molar-refractivity contribution in [1.29, 1.82) is 0 Å². The summed E-state index contributed by atoms with van der Waals surface area (Å²) < 4.78 is 7.12. The van der Waals surface area contributed by atoms with Gasteiger partial charge < -0.3 is 4.74 Å². The molecule has 0 amide bonds. The maximum atomic E-state index is 11.8. The van der Waals surface area contributed by atoms with E-state index in [1.54, 1.807) is 6.33 Å². The van der Waals surface area contributed by atoms with Gasteiger partial charge in [-0.2, -0.15) is 0 Å². The molecule has 0 bridgehead atoms. The summed E-state index contributed by atoms with van der Waals surface area (Å²) in [6, 6.07) is 8.18. The Hall–Kier alpha value is -2.99. The third kappa shape index (κ3) is 4.28. The summed E-state index contributed by atoms with van der Waals surface area (Å²) in [6.45, 7) is 9.55. The number of aryl methyl sites for hydroxylation is 1. The van der Waals surface area contributed by atoms with Crippen molar-refractivity contribution in [2.45, 2.75) is 46.8 Å². The molecule has 0 saturated heterocycles. The molecule has 0 spiro atoms. The van der Waals surface area contributed by atoms with E-state index in [9.17, 15) is 4.79 Å². The lowest BCUT2D eigenvalue weighted by Gasteiger charge is -2.22. The van der Waals surface area contributed by atoms with Crippen LogP contribution in [0.5, 0.6) is 0 Å². The molecule has 0 saturated carbocycles. The Labute approximate surface area is 177 Å². The van der Waals surface area contributed by atoms with Gasteiger partial charge in [0.1, 0.15) is 18.8 Å². The molecule has 4 rings (SSSR count). The second kappa shape index (κ2) is 8.79. The summed E-state index contributed by atoms with van der Waals surface area (Å²) >= 11 is 0. The van der Waals surface area contributed by atoms with Crippen LogP contribution in [0.3, 0.4) is 0 Å². The van der Waals surface area contributed by atoms with Gasteiger partial charge in [-0.15, -0.1) is 0 Å². The van der Waals surface area contributed by atoms with Crippen LogP contribution < -0.4 is 0 Å². The summed E-state index contributed by atoms with van der Waals surface area (Å²) in [7, 11) is 0. The summed E-state index contributed by atoms with van der Waals surface area (Å²) in [5.74, 6) is 0.681. The highest BCUT2D eigenvalue weighted by Gasteiger charge is 2.23. The zero-order chi connectivity index (χ0) is 21.1. The number of imidazole rings is 1. The maximum Gasteiger partial charge on any atom is 0.338 e. The average molecular weight is 405 g/mol. The number of nitrogens with zero attached hydrogens (tertiary/aromatic N) is 4. The number of ether oxygens (including phenoxy) is 1.